The Balaban J connectivity index is 1.56. The number of nitrogens with zero attached hydrogens (tertiary/aromatic N) is 5. The lowest BCUT2D eigenvalue weighted by Gasteiger charge is -2.24. The van der Waals surface area contributed by atoms with Gasteiger partial charge in [0.15, 0.2) is 0 Å². The Kier molecular flexibility index (Phi) is 4.96. The average molecular weight is 339 g/mol. The van der Waals surface area contributed by atoms with E-state index in [0.29, 0.717) is 19.6 Å². The fourth-order valence-corrected chi connectivity index (χ4v) is 2.86. The predicted octanol–water partition coefficient (Wildman–Crippen LogP) is 1.59. The van der Waals surface area contributed by atoms with E-state index in [0.717, 1.165) is 11.4 Å². The molecule has 25 heavy (non-hydrogen) atoms. The van der Waals surface area contributed by atoms with Gasteiger partial charge >= 0.3 is 0 Å². The van der Waals surface area contributed by atoms with Crippen LogP contribution in [0.5, 0.6) is 0 Å². The van der Waals surface area contributed by atoms with Crippen molar-refractivity contribution in [3.8, 4) is 5.69 Å². The minimum atomic E-state index is -0.393. The van der Waals surface area contributed by atoms with E-state index >= 15 is 0 Å². The number of nitrogens with one attached hydrogen (secondary N) is 1. The van der Waals surface area contributed by atoms with Gasteiger partial charge in [0.1, 0.15) is 0 Å². The van der Waals surface area contributed by atoms with Gasteiger partial charge in [-0.2, -0.15) is 20.1 Å². The Hall–Kier alpha value is -2.51. The largest absolute Gasteiger partial charge is 0.323 e. The highest BCUT2D eigenvalue weighted by atomic mass is 15.5. The van der Waals surface area contributed by atoms with Crippen LogP contribution in [0.4, 0.5) is 0 Å². The van der Waals surface area contributed by atoms with E-state index in [9.17, 15) is 0 Å². The van der Waals surface area contributed by atoms with Crippen LogP contribution in [0, 0.1) is 13.8 Å². The molecule has 7 nitrogen and oxygen atoms in total. The lowest BCUT2D eigenvalue weighted by molar-refractivity contribution is 0.354. The van der Waals surface area contributed by atoms with E-state index in [1.165, 1.54) is 11.1 Å². The summed E-state index contributed by atoms with van der Waals surface area (Å²) in [6.07, 6.45) is 5.46. The first-order chi connectivity index (χ1) is 11.9. The third kappa shape index (κ3) is 4.74. The molecule has 2 aromatic heterocycles. The predicted molar refractivity (Wildman–Crippen MR) is 97.4 cm³/mol. The van der Waals surface area contributed by atoms with Crippen molar-refractivity contribution in [1.29, 1.82) is 0 Å². The molecule has 0 radical (unpaired) electrons. The van der Waals surface area contributed by atoms with Gasteiger partial charge in [-0.3, -0.25) is 4.68 Å². The van der Waals surface area contributed by atoms with Crippen molar-refractivity contribution in [2.45, 2.75) is 39.4 Å². The van der Waals surface area contributed by atoms with Crippen LogP contribution in [0.3, 0.4) is 0 Å². The second-order valence-electron chi connectivity index (χ2n) is 6.93. The lowest BCUT2D eigenvalue weighted by atomic mass is 10.0. The number of nitrogens with two attached hydrogens (primary N) is 1. The zero-order chi connectivity index (χ0) is 17.9. The SMILES string of the molecule is Cc1cc(C)cc(-n2ncc(CNCC(C)(N)Cn3cccn3)n2)c1. The molecule has 2 heterocycles. The van der Waals surface area contributed by atoms with Crippen molar-refractivity contribution < 1.29 is 0 Å². The van der Waals surface area contributed by atoms with Gasteiger partial charge in [-0.25, -0.2) is 0 Å². The second kappa shape index (κ2) is 7.16. The molecule has 0 saturated carbocycles. The van der Waals surface area contributed by atoms with Gasteiger partial charge in [-0.15, -0.1) is 0 Å². The molecule has 0 aliphatic rings. The molecule has 1 atom stereocenters. The van der Waals surface area contributed by atoms with Crippen molar-refractivity contribution >= 4 is 0 Å². The highest BCUT2D eigenvalue weighted by Crippen LogP contribution is 2.12. The topological polar surface area (TPSA) is 86.6 Å². The van der Waals surface area contributed by atoms with Crippen molar-refractivity contribution in [2.24, 2.45) is 5.73 Å². The summed E-state index contributed by atoms with van der Waals surface area (Å²) in [7, 11) is 0. The van der Waals surface area contributed by atoms with Crippen molar-refractivity contribution in [1.82, 2.24) is 30.1 Å². The maximum atomic E-state index is 6.34. The monoisotopic (exact) mass is 339 g/mol. The molecule has 1 unspecified atom stereocenters. The van der Waals surface area contributed by atoms with Gasteiger partial charge in [-0.05, 0) is 50.1 Å². The molecule has 0 amide bonds. The maximum Gasteiger partial charge on any atom is 0.0969 e. The number of benzene rings is 1. The Bertz CT molecular complexity index is 798. The van der Waals surface area contributed by atoms with E-state index in [1.54, 1.807) is 17.2 Å². The zero-order valence-corrected chi connectivity index (χ0v) is 15.0. The number of aryl methyl sites for hydroxylation is 2. The number of hydrogen-bond donors (Lipinski definition) is 2. The van der Waals surface area contributed by atoms with E-state index in [4.69, 9.17) is 5.73 Å². The van der Waals surface area contributed by atoms with Crippen LogP contribution in [0.2, 0.25) is 0 Å². The molecule has 0 spiro atoms. The summed E-state index contributed by atoms with van der Waals surface area (Å²) in [6, 6.07) is 8.18. The molecule has 3 N–H and O–H groups in total. The molecule has 0 aliphatic carbocycles. The number of hydrogen-bond acceptors (Lipinski definition) is 5. The second-order valence-corrected chi connectivity index (χ2v) is 6.93. The summed E-state index contributed by atoms with van der Waals surface area (Å²) >= 11 is 0. The molecule has 3 rings (SSSR count). The Labute approximate surface area is 147 Å². The molecule has 7 heteroatoms. The minimum absolute atomic E-state index is 0.393. The van der Waals surface area contributed by atoms with Crippen molar-refractivity contribution in [3.63, 3.8) is 0 Å². The summed E-state index contributed by atoms with van der Waals surface area (Å²) in [5.41, 5.74) is 10.2. The van der Waals surface area contributed by atoms with E-state index in [1.807, 2.05) is 23.9 Å². The summed E-state index contributed by atoms with van der Waals surface area (Å²) in [5, 5.41) is 16.5. The molecule has 132 valence electrons. The normalized spacial score (nSPS) is 13.8. The third-order valence-corrected chi connectivity index (χ3v) is 3.89. The fraction of sp³-hybridized carbons (Fsp3) is 0.389. The average Bonchev–Trinajstić information content (AvgIpc) is 3.17. The highest BCUT2D eigenvalue weighted by molar-refractivity contribution is 5.37. The molecular weight excluding hydrogens is 314 g/mol. The van der Waals surface area contributed by atoms with Crippen LogP contribution >= 0.6 is 0 Å². The Morgan fingerprint density at radius 3 is 2.60 bits per heavy atom. The molecule has 0 aliphatic heterocycles. The molecule has 1 aromatic carbocycles. The van der Waals surface area contributed by atoms with Crippen LogP contribution in [-0.2, 0) is 13.1 Å². The maximum absolute atomic E-state index is 6.34. The van der Waals surface area contributed by atoms with Crippen molar-refractivity contribution in [3.05, 3.63) is 59.7 Å². The highest BCUT2D eigenvalue weighted by Gasteiger charge is 2.19. The summed E-state index contributed by atoms with van der Waals surface area (Å²) in [5.74, 6) is 0. The van der Waals surface area contributed by atoms with Crippen LogP contribution in [0.15, 0.2) is 42.9 Å². The van der Waals surface area contributed by atoms with Gasteiger partial charge in [0, 0.05) is 31.0 Å². The molecule has 0 saturated heterocycles. The Morgan fingerprint density at radius 2 is 1.92 bits per heavy atom. The van der Waals surface area contributed by atoms with E-state index in [2.05, 4.69) is 52.7 Å². The smallest absolute Gasteiger partial charge is 0.0969 e. The third-order valence-electron chi connectivity index (χ3n) is 3.89. The number of aromatic nitrogens is 5. The van der Waals surface area contributed by atoms with Gasteiger partial charge in [0.25, 0.3) is 0 Å². The van der Waals surface area contributed by atoms with Crippen LogP contribution in [0.1, 0.15) is 23.7 Å². The summed E-state index contributed by atoms with van der Waals surface area (Å²) in [6.45, 7) is 8.09. The van der Waals surface area contributed by atoms with Crippen molar-refractivity contribution in [2.75, 3.05) is 6.54 Å². The van der Waals surface area contributed by atoms with E-state index in [-0.39, 0.29) is 0 Å². The first-order valence-electron chi connectivity index (χ1n) is 8.38. The zero-order valence-electron chi connectivity index (χ0n) is 15.0. The lowest BCUT2D eigenvalue weighted by Crippen LogP contribution is -2.49. The minimum Gasteiger partial charge on any atom is -0.323 e. The fourth-order valence-electron chi connectivity index (χ4n) is 2.86. The first-order valence-corrected chi connectivity index (χ1v) is 8.38. The van der Waals surface area contributed by atoms with Crippen LogP contribution in [-0.4, -0.2) is 36.9 Å². The Morgan fingerprint density at radius 1 is 1.16 bits per heavy atom. The molecule has 0 fully saturated rings. The quantitative estimate of drug-likeness (QED) is 0.683. The standard InChI is InChI=1S/C18H25N7/c1-14-7-15(2)9-17(8-14)25-22-11-16(23-25)10-20-12-18(3,19)13-24-6-4-5-21-24/h4-9,11,20H,10,12-13,19H2,1-3H3. The van der Waals surface area contributed by atoms with Crippen LogP contribution in [0.25, 0.3) is 5.69 Å². The molecular formula is C18H25N7. The summed E-state index contributed by atoms with van der Waals surface area (Å²) < 4.78 is 1.85. The van der Waals surface area contributed by atoms with Gasteiger partial charge in [0.05, 0.1) is 24.1 Å². The van der Waals surface area contributed by atoms with Gasteiger partial charge in [0.2, 0.25) is 0 Å². The first kappa shape index (κ1) is 17.3. The van der Waals surface area contributed by atoms with Gasteiger partial charge < -0.3 is 11.1 Å². The molecule has 0 bridgehead atoms. The number of rotatable bonds is 7. The van der Waals surface area contributed by atoms with E-state index < -0.39 is 5.54 Å². The van der Waals surface area contributed by atoms with Crippen LogP contribution < -0.4 is 11.1 Å². The van der Waals surface area contributed by atoms with Gasteiger partial charge in [-0.1, -0.05) is 6.07 Å². The molecule has 3 aromatic rings. The summed E-state index contributed by atoms with van der Waals surface area (Å²) in [4.78, 5) is 1.67.